The highest BCUT2D eigenvalue weighted by molar-refractivity contribution is 6.01. The zero-order chi connectivity index (χ0) is 11.5. The maximum Gasteiger partial charge on any atom is 0.231 e. The molecule has 0 aliphatic carbocycles. The van der Waals surface area contributed by atoms with Gasteiger partial charge in [-0.25, -0.2) is 0 Å². The van der Waals surface area contributed by atoms with E-state index in [4.69, 9.17) is 0 Å². The van der Waals surface area contributed by atoms with Crippen LogP contribution in [0.2, 0.25) is 0 Å². The van der Waals surface area contributed by atoms with Crippen LogP contribution in [0.4, 0.5) is 5.69 Å². The van der Waals surface area contributed by atoms with E-state index in [1.165, 1.54) is 0 Å². The molecule has 0 aromatic heterocycles. The number of fused-ring (bicyclic) bond motifs is 1. The van der Waals surface area contributed by atoms with Crippen LogP contribution in [-0.2, 0) is 11.2 Å². The Balaban J connectivity index is 2.19. The SMILES string of the molecule is CCC(CN1C(=O)Cc2ccccc21)NC. The molecule has 1 aromatic carbocycles. The van der Waals surface area contributed by atoms with E-state index >= 15 is 0 Å². The molecule has 3 nitrogen and oxygen atoms in total. The van der Waals surface area contributed by atoms with Gasteiger partial charge in [-0.05, 0) is 25.1 Å². The Morgan fingerprint density at radius 1 is 1.44 bits per heavy atom. The number of amides is 1. The number of anilines is 1. The summed E-state index contributed by atoms with van der Waals surface area (Å²) in [5.74, 6) is 0.218. The molecule has 1 N–H and O–H groups in total. The van der Waals surface area contributed by atoms with Crippen LogP contribution in [0.15, 0.2) is 24.3 Å². The minimum absolute atomic E-state index is 0.218. The maximum absolute atomic E-state index is 11.9. The van der Waals surface area contributed by atoms with Gasteiger partial charge in [0.15, 0.2) is 0 Å². The molecule has 86 valence electrons. The normalized spacial score (nSPS) is 16.4. The standard InChI is InChI=1S/C13H18N2O/c1-3-11(14-2)9-15-12-7-5-4-6-10(12)8-13(15)16/h4-7,11,14H,3,8-9H2,1-2H3. The first kappa shape index (κ1) is 11.1. The number of carbonyl (C=O) groups excluding carboxylic acids is 1. The summed E-state index contributed by atoms with van der Waals surface area (Å²) in [4.78, 5) is 13.8. The number of nitrogens with zero attached hydrogens (tertiary/aromatic N) is 1. The molecule has 0 saturated carbocycles. The number of carbonyl (C=O) groups is 1. The molecule has 2 rings (SSSR count). The summed E-state index contributed by atoms with van der Waals surface area (Å²) in [7, 11) is 1.95. The second-order valence-corrected chi connectivity index (χ2v) is 4.20. The van der Waals surface area contributed by atoms with Crippen LogP contribution in [0, 0.1) is 0 Å². The van der Waals surface area contributed by atoms with Crippen molar-refractivity contribution in [2.75, 3.05) is 18.5 Å². The fourth-order valence-corrected chi connectivity index (χ4v) is 2.16. The quantitative estimate of drug-likeness (QED) is 0.832. The van der Waals surface area contributed by atoms with Crippen molar-refractivity contribution in [2.45, 2.75) is 25.8 Å². The molecule has 1 atom stereocenters. The van der Waals surface area contributed by atoms with E-state index in [9.17, 15) is 4.79 Å². The number of likely N-dealkylation sites (N-methyl/N-ethyl adjacent to an activating group) is 1. The number of rotatable bonds is 4. The van der Waals surface area contributed by atoms with Crippen LogP contribution in [0.5, 0.6) is 0 Å². The summed E-state index contributed by atoms with van der Waals surface area (Å²) in [6.07, 6.45) is 1.58. The monoisotopic (exact) mass is 218 g/mol. The van der Waals surface area contributed by atoms with Crippen molar-refractivity contribution in [3.05, 3.63) is 29.8 Å². The van der Waals surface area contributed by atoms with E-state index in [-0.39, 0.29) is 5.91 Å². The van der Waals surface area contributed by atoms with Gasteiger partial charge in [0, 0.05) is 18.3 Å². The topological polar surface area (TPSA) is 32.3 Å². The second kappa shape index (κ2) is 4.66. The number of hydrogen-bond donors (Lipinski definition) is 1. The van der Waals surface area contributed by atoms with Crippen molar-refractivity contribution < 1.29 is 4.79 Å². The Bertz CT molecular complexity index is 385. The van der Waals surface area contributed by atoms with E-state index in [1.54, 1.807) is 0 Å². The third kappa shape index (κ3) is 1.95. The summed E-state index contributed by atoms with van der Waals surface area (Å²) in [6.45, 7) is 2.90. The molecule has 0 fully saturated rings. The Morgan fingerprint density at radius 2 is 2.19 bits per heavy atom. The number of para-hydroxylation sites is 1. The number of hydrogen-bond acceptors (Lipinski definition) is 2. The fourth-order valence-electron chi connectivity index (χ4n) is 2.16. The average Bonchev–Trinajstić information content (AvgIpc) is 2.62. The van der Waals surface area contributed by atoms with Crippen LogP contribution < -0.4 is 10.2 Å². The van der Waals surface area contributed by atoms with Crippen molar-refractivity contribution >= 4 is 11.6 Å². The largest absolute Gasteiger partial charge is 0.315 e. The highest BCUT2D eigenvalue weighted by Crippen LogP contribution is 2.28. The molecule has 1 amide bonds. The van der Waals surface area contributed by atoms with Crippen molar-refractivity contribution in [3.63, 3.8) is 0 Å². The van der Waals surface area contributed by atoms with Crippen molar-refractivity contribution in [2.24, 2.45) is 0 Å². The zero-order valence-electron chi connectivity index (χ0n) is 9.86. The van der Waals surface area contributed by atoms with E-state index in [1.807, 2.05) is 36.2 Å². The van der Waals surface area contributed by atoms with Gasteiger partial charge >= 0.3 is 0 Å². The molecule has 3 heteroatoms. The Hall–Kier alpha value is -1.35. The molecule has 0 bridgehead atoms. The van der Waals surface area contributed by atoms with Crippen LogP contribution in [0.1, 0.15) is 18.9 Å². The Kier molecular flexibility index (Phi) is 3.25. The molecule has 1 aliphatic heterocycles. The highest BCUT2D eigenvalue weighted by atomic mass is 16.2. The molecule has 1 heterocycles. The van der Waals surface area contributed by atoms with Gasteiger partial charge in [0.2, 0.25) is 5.91 Å². The summed E-state index contributed by atoms with van der Waals surface area (Å²) in [5.41, 5.74) is 2.24. The molecule has 1 aliphatic rings. The fraction of sp³-hybridized carbons (Fsp3) is 0.462. The summed E-state index contributed by atoms with van der Waals surface area (Å²) in [5, 5.41) is 3.24. The summed E-state index contributed by atoms with van der Waals surface area (Å²) < 4.78 is 0. The molecule has 1 aromatic rings. The molecule has 0 radical (unpaired) electrons. The van der Waals surface area contributed by atoms with Gasteiger partial charge in [-0.2, -0.15) is 0 Å². The highest BCUT2D eigenvalue weighted by Gasteiger charge is 2.27. The maximum atomic E-state index is 11.9. The van der Waals surface area contributed by atoms with E-state index in [0.29, 0.717) is 12.5 Å². The number of nitrogens with one attached hydrogen (secondary N) is 1. The van der Waals surface area contributed by atoms with Crippen LogP contribution in [-0.4, -0.2) is 25.5 Å². The Labute approximate surface area is 96.5 Å². The van der Waals surface area contributed by atoms with Gasteiger partial charge in [-0.15, -0.1) is 0 Å². The van der Waals surface area contributed by atoms with Crippen molar-refractivity contribution in [1.82, 2.24) is 5.32 Å². The molecule has 16 heavy (non-hydrogen) atoms. The van der Waals surface area contributed by atoms with E-state index < -0.39 is 0 Å². The molecular formula is C13H18N2O. The lowest BCUT2D eigenvalue weighted by Crippen LogP contribution is -2.40. The van der Waals surface area contributed by atoms with Crippen LogP contribution in [0.3, 0.4) is 0 Å². The van der Waals surface area contributed by atoms with Gasteiger partial charge in [-0.1, -0.05) is 25.1 Å². The van der Waals surface area contributed by atoms with Crippen molar-refractivity contribution in [1.29, 1.82) is 0 Å². The number of benzene rings is 1. The predicted octanol–water partition coefficient (Wildman–Crippen LogP) is 1.57. The van der Waals surface area contributed by atoms with E-state index in [2.05, 4.69) is 12.2 Å². The van der Waals surface area contributed by atoms with Gasteiger partial charge in [-0.3, -0.25) is 4.79 Å². The third-order valence-corrected chi connectivity index (χ3v) is 3.23. The van der Waals surface area contributed by atoms with Gasteiger partial charge < -0.3 is 10.2 Å². The zero-order valence-corrected chi connectivity index (χ0v) is 9.86. The Morgan fingerprint density at radius 3 is 2.88 bits per heavy atom. The molecule has 0 saturated heterocycles. The lowest BCUT2D eigenvalue weighted by atomic mass is 10.1. The first-order valence-corrected chi connectivity index (χ1v) is 5.81. The molecule has 1 unspecified atom stereocenters. The van der Waals surface area contributed by atoms with Crippen molar-refractivity contribution in [3.8, 4) is 0 Å². The first-order valence-electron chi connectivity index (χ1n) is 5.81. The summed E-state index contributed by atoms with van der Waals surface area (Å²) >= 11 is 0. The third-order valence-electron chi connectivity index (χ3n) is 3.23. The second-order valence-electron chi connectivity index (χ2n) is 4.20. The van der Waals surface area contributed by atoms with Crippen LogP contribution in [0.25, 0.3) is 0 Å². The average molecular weight is 218 g/mol. The minimum Gasteiger partial charge on any atom is -0.315 e. The lowest BCUT2D eigenvalue weighted by Gasteiger charge is -2.23. The van der Waals surface area contributed by atoms with Crippen LogP contribution >= 0.6 is 0 Å². The van der Waals surface area contributed by atoms with Gasteiger partial charge in [0.1, 0.15) is 0 Å². The van der Waals surface area contributed by atoms with Gasteiger partial charge in [0.25, 0.3) is 0 Å². The predicted molar refractivity (Wildman–Crippen MR) is 65.6 cm³/mol. The van der Waals surface area contributed by atoms with E-state index in [0.717, 1.165) is 24.2 Å². The molecular weight excluding hydrogens is 200 g/mol. The minimum atomic E-state index is 0.218. The first-order chi connectivity index (χ1) is 7.76. The summed E-state index contributed by atoms with van der Waals surface area (Å²) in [6, 6.07) is 8.42. The smallest absolute Gasteiger partial charge is 0.231 e. The van der Waals surface area contributed by atoms with Gasteiger partial charge in [0.05, 0.1) is 6.42 Å². The lowest BCUT2D eigenvalue weighted by molar-refractivity contribution is -0.117. The molecule has 0 spiro atoms.